The maximum Gasteiger partial charge on any atom is 0.573 e. The van der Waals surface area contributed by atoms with E-state index in [9.17, 15) is 31.5 Å². The molecule has 1 aliphatic carbocycles. The van der Waals surface area contributed by atoms with E-state index in [1.54, 1.807) is 11.0 Å². The molecule has 18 heteroatoms. The summed E-state index contributed by atoms with van der Waals surface area (Å²) in [5.41, 5.74) is 0.868. The molecule has 2 amide bonds. The van der Waals surface area contributed by atoms with Crippen LogP contribution in [0.3, 0.4) is 0 Å². The molecule has 3 aromatic rings. The Morgan fingerprint density at radius 1 is 0.957 bits per heavy atom. The summed E-state index contributed by atoms with van der Waals surface area (Å²) in [5.74, 6) is -3.69. The number of halogens is 5. The van der Waals surface area contributed by atoms with Crippen LogP contribution < -0.4 is 15.4 Å². The second kappa shape index (κ2) is 13.7. The zero-order valence-corrected chi connectivity index (χ0v) is 26.3. The van der Waals surface area contributed by atoms with E-state index < -0.39 is 23.9 Å². The molecule has 3 atom stereocenters. The van der Waals surface area contributed by atoms with Crippen molar-refractivity contribution < 1.29 is 36.3 Å². The molecule has 2 aliphatic heterocycles. The Morgan fingerprint density at radius 3 is 2.21 bits per heavy atom. The average Bonchev–Trinajstić information content (AvgIpc) is 3.65. The third kappa shape index (κ3) is 8.92. The van der Waals surface area contributed by atoms with Crippen molar-refractivity contribution in [1.82, 2.24) is 25.3 Å². The predicted octanol–water partition coefficient (Wildman–Crippen LogP) is 5.92. The van der Waals surface area contributed by atoms with Gasteiger partial charge in [-0.3, -0.25) is 19.5 Å². The van der Waals surface area contributed by atoms with Crippen molar-refractivity contribution in [2.24, 2.45) is 4.99 Å². The van der Waals surface area contributed by atoms with Gasteiger partial charge in [-0.05, 0) is 43.0 Å². The van der Waals surface area contributed by atoms with Crippen LogP contribution in [0.15, 0.2) is 41.4 Å². The van der Waals surface area contributed by atoms with Gasteiger partial charge in [-0.2, -0.15) is 0 Å². The highest BCUT2D eigenvalue weighted by atomic mass is 32.1. The highest BCUT2D eigenvalue weighted by molar-refractivity contribution is 7.15. The van der Waals surface area contributed by atoms with Gasteiger partial charge in [-0.15, -0.1) is 33.6 Å². The number of amides is 2. The third-order valence-corrected chi connectivity index (χ3v) is 9.85. The summed E-state index contributed by atoms with van der Waals surface area (Å²) in [7, 11) is 0. The maximum absolute atomic E-state index is 13.3. The van der Waals surface area contributed by atoms with Crippen molar-refractivity contribution in [3.63, 3.8) is 0 Å². The van der Waals surface area contributed by atoms with Crippen molar-refractivity contribution in [2.75, 3.05) is 23.7 Å². The monoisotopic (exact) mass is 696 g/mol. The Morgan fingerprint density at radius 2 is 1.60 bits per heavy atom. The molecule has 3 aliphatic rings. The van der Waals surface area contributed by atoms with Gasteiger partial charge >= 0.3 is 6.36 Å². The van der Waals surface area contributed by atoms with Crippen LogP contribution in [-0.2, 0) is 16.0 Å². The Balaban J connectivity index is 0.989. The second-order valence-electron chi connectivity index (χ2n) is 11.6. The summed E-state index contributed by atoms with van der Waals surface area (Å²) in [5, 5.41) is 24.5. The van der Waals surface area contributed by atoms with Crippen molar-refractivity contribution in [3.8, 4) is 5.75 Å². The predicted molar refractivity (Wildman–Crippen MR) is 164 cm³/mol. The smallest absolute Gasteiger partial charge is 0.406 e. The van der Waals surface area contributed by atoms with Crippen molar-refractivity contribution >= 4 is 50.5 Å². The molecule has 250 valence electrons. The number of hydrogen-bond acceptors (Lipinski definition) is 11. The molecule has 0 radical (unpaired) electrons. The van der Waals surface area contributed by atoms with Gasteiger partial charge in [-0.25, -0.2) is 8.78 Å². The fourth-order valence-electron chi connectivity index (χ4n) is 5.77. The Hall–Kier alpha value is -3.90. The molecule has 1 unspecified atom stereocenters. The van der Waals surface area contributed by atoms with E-state index in [1.807, 2.05) is 6.08 Å². The van der Waals surface area contributed by atoms with Gasteiger partial charge in [0.05, 0.1) is 25.9 Å². The summed E-state index contributed by atoms with van der Waals surface area (Å²) >= 11 is 2.55. The lowest BCUT2D eigenvalue weighted by Crippen LogP contribution is -2.59. The van der Waals surface area contributed by atoms with Gasteiger partial charge in [0.1, 0.15) is 21.9 Å². The number of nitrogens with zero attached hydrogens (tertiary/aromatic N) is 6. The molecule has 2 aromatic heterocycles. The molecule has 2 fully saturated rings. The number of anilines is 2. The standard InChI is InChI=1S/C29H29F5N8O3S2/c30-28(31)14-42(15-28)21-9-3-7-19(35-21)13-23(44)37-27-41-39-25(47-27)18-6-2-5-17(12-18)24-38-40-26(46-24)36-22(43)11-16-4-1-8-20(10-16)45-29(32,33)34/h1,3-4,7-8,10,17-18,21H,2,5-6,9,11-15H2,(H,36,40,43)(H,37,41,44)/t17-,18-,21?/m0/s1. The van der Waals surface area contributed by atoms with Crippen LogP contribution in [0.2, 0.25) is 0 Å². The number of benzene rings is 1. The summed E-state index contributed by atoms with van der Waals surface area (Å²) in [4.78, 5) is 31.3. The SMILES string of the molecule is O=C(CC1=NC(N2CC(F)(F)C2)CC=C1)Nc1nnc([C@H]2CCC[C@H](c3nnc(NC(=O)Cc4cccc(OC(F)(F)F)c4)s3)C2)s1. The number of likely N-dealkylation sites (tertiary alicyclic amines) is 1. The molecule has 11 nitrogen and oxygen atoms in total. The molecule has 0 bridgehead atoms. The van der Waals surface area contributed by atoms with E-state index in [4.69, 9.17) is 0 Å². The van der Waals surface area contributed by atoms with Gasteiger partial charge in [0.15, 0.2) is 0 Å². The Kier molecular flexibility index (Phi) is 9.61. The first kappa shape index (κ1) is 33.0. The molecule has 1 saturated carbocycles. The quantitative estimate of drug-likeness (QED) is 0.250. The van der Waals surface area contributed by atoms with Crippen molar-refractivity contribution in [1.29, 1.82) is 0 Å². The van der Waals surface area contributed by atoms with Gasteiger partial charge in [0, 0.05) is 24.0 Å². The molecule has 4 heterocycles. The summed E-state index contributed by atoms with van der Waals surface area (Å²) in [6, 6.07) is 5.22. The number of aromatic nitrogens is 4. The maximum atomic E-state index is 13.3. The molecular formula is C29H29F5N8O3S2. The van der Waals surface area contributed by atoms with E-state index in [2.05, 4.69) is 40.8 Å². The topological polar surface area (TPSA) is 135 Å². The fourth-order valence-corrected chi connectivity index (χ4v) is 7.59. The first-order chi connectivity index (χ1) is 22.4. The number of allylic oxidation sites excluding steroid dienone is 1. The fraction of sp³-hybridized carbons (Fsp3) is 0.483. The zero-order valence-electron chi connectivity index (χ0n) is 24.7. The number of ether oxygens (including phenoxy) is 1. The average molecular weight is 697 g/mol. The van der Waals surface area contributed by atoms with Crippen LogP contribution in [0.25, 0.3) is 0 Å². The molecule has 47 heavy (non-hydrogen) atoms. The van der Waals surface area contributed by atoms with Crippen LogP contribution in [0.4, 0.5) is 32.2 Å². The molecular weight excluding hydrogens is 667 g/mol. The lowest BCUT2D eigenvalue weighted by molar-refractivity contribution is -0.274. The van der Waals surface area contributed by atoms with E-state index >= 15 is 0 Å². The van der Waals surface area contributed by atoms with Crippen molar-refractivity contribution in [3.05, 3.63) is 52.0 Å². The lowest BCUT2D eigenvalue weighted by atomic mass is 9.82. The highest BCUT2D eigenvalue weighted by Crippen LogP contribution is 2.43. The third-order valence-electron chi connectivity index (χ3n) is 7.85. The van der Waals surface area contributed by atoms with E-state index in [0.717, 1.165) is 47.8 Å². The van der Waals surface area contributed by atoms with Crippen LogP contribution >= 0.6 is 22.7 Å². The van der Waals surface area contributed by atoms with Gasteiger partial charge < -0.3 is 15.4 Å². The van der Waals surface area contributed by atoms with E-state index in [0.29, 0.717) is 28.0 Å². The minimum Gasteiger partial charge on any atom is -0.406 e. The van der Waals surface area contributed by atoms with Gasteiger partial charge in [0.25, 0.3) is 5.92 Å². The minimum absolute atomic E-state index is 0.00751. The molecule has 1 aromatic carbocycles. The Labute approximate surface area is 273 Å². The number of alkyl halides is 5. The van der Waals surface area contributed by atoms with Crippen LogP contribution in [0.1, 0.15) is 65.9 Å². The number of hydrogen-bond donors (Lipinski definition) is 2. The number of carbonyl (C=O) groups excluding carboxylic acids is 2. The highest BCUT2D eigenvalue weighted by Gasteiger charge is 2.46. The first-order valence-electron chi connectivity index (χ1n) is 14.8. The van der Waals surface area contributed by atoms with Crippen LogP contribution in [0, 0.1) is 0 Å². The number of dihydropyridines is 1. The van der Waals surface area contributed by atoms with Gasteiger partial charge in [0.2, 0.25) is 22.1 Å². The minimum atomic E-state index is -4.83. The van der Waals surface area contributed by atoms with Crippen molar-refractivity contribution in [2.45, 2.75) is 75.2 Å². The molecule has 0 spiro atoms. The normalized spacial score (nSPS) is 22.7. The number of carbonyl (C=O) groups is 2. The largest absolute Gasteiger partial charge is 0.573 e. The van der Waals surface area contributed by atoms with Crippen LogP contribution in [0.5, 0.6) is 5.75 Å². The first-order valence-corrected chi connectivity index (χ1v) is 16.5. The molecule has 1 saturated heterocycles. The molecule has 2 N–H and O–H groups in total. The van der Waals surface area contributed by atoms with E-state index in [1.165, 1.54) is 34.8 Å². The van der Waals surface area contributed by atoms with E-state index in [-0.39, 0.29) is 49.8 Å². The molecule has 6 rings (SSSR count). The summed E-state index contributed by atoms with van der Waals surface area (Å²) < 4.78 is 68.0. The number of rotatable bonds is 10. The summed E-state index contributed by atoms with van der Waals surface area (Å²) in [6.07, 6.45) is 2.11. The van der Waals surface area contributed by atoms with Gasteiger partial charge in [-0.1, -0.05) is 47.3 Å². The lowest BCUT2D eigenvalue weighted by Gasteiger charge is -2.42. The Bertz CT molecular complexity index is 1670. The number of nitrogens with one attached hydrogen (secondary N) is 2. The number of aliphatic imine (C=N–C) groups is 1. The summed E-state index contributed by atoms with van der Waals surface area (Å²) in [6.45, 7) is -0.655. The zero-order chi connectivity index (χ0) is 33.2. The van der Waals surface area contributed by atoms with Crippen LogP contribution in [-0.4, -0.2) is 74.4 Å². The second-order valence-corrected chi connectivity index (χ2v) is 13.6.